The Hall–Kier alpha value is 0.284. The molecule has 1 radical (unpaired) electrons. The van der Waals surface area contributed by atoms with E-state index in [1.165, 1.54) is 0 Å². The Kier molecular flexibility index (Phi) is 5.15. The zero-order valence-electron chi connectivity index (χ0n) is 6.10. The molecule has 55 valence electrons. The van der Waals surface area contributed by atoms with Crippen molar-refractivity contribution in [3.05, 3.63) is 35.4 Å². The molecular formula is C8H6ClOY-. The Morgan fingerprint density at radius 1 is 1.64 bits per heavy atom. The van der Waals surface area contributed by atoms with Gasteiger partial charge in [0.05, 0.1) is 0 Å². The average Bonchev–Trinajstić information content (AvgIpc) is 1.88. The van der Waals surface area contributed by atoms with Gasteiger partial charge in [-0.05, 0) is 11.6 Å². The van der Waals surface area contributed by atoms with Crippen LogP contribution in [0.25, 0.3) is 0 Å². The Labute approximate surface area is 96.0 Å². The topological polar surface area (TPSA) is 17.1 Å². The Morgan fingerprint density at radius 2 is 2.27 bits per heavy atom. The van der Waals surface area contributed by atoms with Crippen molar-refractivity contribution in [1.82, 2.24) is 0 Å². The van der Waals surface area contributed by atoms with Crippen LogP contribution in [0.3, 0.4) is 0 Å². The number of benzene rings is 1. The third-order valence-electron chi connectivity index (χ3n) is 1.17. The molecule has 1 aromatic rings. The van der Waals surface area contributed by atoms with Gasteiger partial charge in [0.2, 0.25) is 5.24 Å². The van der Waals surface area contributed by atoms with Crippen molar-refractivity contribution in [2.45, 2.75) is 6.92 Å². The van der Waals surface area contributed by atoms with Crippen LogP contribution in [0.4, 0.5) is 0 Å². The number of aryl methyl sites for hydroxylation is 1. The van der Waals surface area contributed by atoms with Gasteiger partial charge in [-0.15, -0.1) is 0 Å². The molecule has 0 unspecified atom stereocenters. The number of carbonyl (C=O) groups excluding carboxylic acids is 1. The SMILES string of the molecule is Cc1[c-]ccc(C(=O)Cl)c1.[Y]. The molecule has 0 aliphatic heterocycles. The van der Waals surface area contributed by atoms with Crippen LogP contribution in [-0.2, 0) is 32.7 Å². The fourth-order valence-electron chi connectivity index (χ4n) is 0.708. The summed E-state index contributed by atoms with van der Waals surface area (Å²) < 4.78 is 0. The summed E-state index contributed by atoms with van der Waals surface area (Å²) in [7, 11) is 0. The molecule has 1 rings (SSSR count). The molecule has 0 atom stereocenters. The van der Waals surface area contributed by atoms with E-state index in [1.807, 2.05) is 6.92 Å². The molecule has 0 N–H and O–H groups in total. The van der Waals surface area contributed by atoms with Crippen LogP contribution < -0.4 is 0 Å². The normalized spacial score (nSPS) is 8.55. The first-order valence-electron chi connectivity index (χ1n) is 2.88. The van der Waals surface area contributed by atoms with Crippen LogP contribution in [0.5, 0.6) is 0 Å². The summed E-state index contributed by atoms with van der Waals surface area (Å²) in [4.78, 5) is 10.5. The van der Waals surface area contributed by atoms with Gasteiger partial charge in [-0.25, -0.2) is 0 Å². The average molecular weight is 242 g/mol. The fourth-order valence-corrected chi connectivity index (χ4v) is 0.826. The molecule has 1 nitrogen and oxygen atoms in total. The molecule has 0 saturated heterocycles. The van der Waals surface area contributed by atoms with E-state index in [2.05, 4.69) is 6.07 Å². The smallest absolute Gasteiger partial charge is 0.228 e. The largest absolute Gasteiger partial charge is 0.278 e. The molecule has 0 bridgehead atoms. The summed E-state index contributed by atoms with van der Waals surface area (Å²) in [6, 6.07) is 7.95. The Bertz CT molecular complexity index is 260. The van der Waals surface area contributed by atoms with Gasteiger partial charge in [-0.2, -0.15) is 29.8 Å². The molecule has 0 saturated carbocycles. The van der Waals surface area contributed by atoms with Crippen LogP contribution in [0.2, 0.25) is 0 Å². The summed E-state index contributed by atoms with van der Waals surface area (Å²) >= 11 is 5.22. The van der Waals surface area contributed by atoms with Gasteiger partial charge in [0.1, 0.15) is 0 Å². The first-order chi connectivity index (χ1) is 4.70. The standard InChI is InChI=1S/C8H6ClO.Y/c1-6-3-2-4-7(5-6)8(9)10;/h2,4-5H,1H3;/q-1;. The maximum Gasteiger partial charge on any atom is 0.228 e. The first kappa shape index (κ1) is 11.3. The third-order valence-corrected chi connectivity index (χ3v) is 1.39. The number of rotatable bonds is 1. The quantitative estimate of drug-likeness (QED) is 0.545. The van der Waals surface area contributed by atoms with E-state index in [1.54, 1.807) is 18.2 Å². The summed E-state index contributed by atoms with van der Waals surface area (Å²) in [5.74, 6) is 0. The van der Waals surface area contributed by atoms with E-state index in [9.17, 15) is 4.79 Å². The van der Waals surface area contributed by atoms with Gasteiger partial charge in [0.25, 0.3) is 0 Å². The molecule has 1 aromatic carbocycles. The van der Waals surface area contributed by atoms with Crippen molar-refractivity contribution in [3.63, 3.8) is 0 Å². The zero-order chi connectivity index (χ0) is 7.56. The third kappa shape index (κ3) is 3.46. The van der Waals surface area contributed by atoms with Gasteiger partial charge in [-0.1, -0.05) is 12.5 Å². The number of halogens is 1. The molecule has 0 aromatic heterocycles. The van der Waals surface area contributed by atoms with Crippen molar-refractivity contribution < 1.29 is 37.5 Å². The minimum atomic E-state index is -0.419. The molecule has 0 heterocycles. The van der Waals surface area contributed by atoms with Crippen LogP contribution in [0.15, 0.2) is 18.2 Å². The molecule has 0 fully saturated rings. The van der Waals surface area contributed by atoms with E-state index < -0.39 is 5.24 Å². The number of carbonyl (C=O) groups is 1. The molecule has 0 spiro atoms. The van der Waals surface area contributed by atoms with Crippen LogP contribution in [-0.4, -0.2) is 5.24 Å². The molecule has 11 heavy (non-hydrogen) atoms. The van der Waals surface area contributed by atoms with Crippen molar-refractivity contribution in [3.8, 4) is 0 Å². The maximum atomic E-state index is 10.5. The fraction of sp³-hybridized carbons (Fsp3) is 0.125. The summed E-state index contributed by atoms with van der Waals surface area (Å²) in [5, 5.41) is -0.419. The number of hydrogen-bond donors (Lipinski definition) is 0. The second-order valence-electron chi connectivity index (χ2n) is 2.03. The van der Waals surface area contributed by atoms with Crippen molar-refractivity contribution >= 4 is 16.8 Å². The minimum Gasteiger partial charge on any atom is -0.278 e. The van der Waals surface area contributed by atoms with Gasteiger partial charge >= 0.3 is 0 Å². The first-order valence-corrected chi connectivity index (χ1v) is 3.26. The molecule has 3 heteroatoms. The van der Waals surface area contributed by atoms with Crippen LogP contribution in [0.1, 0.15) is 15.9 Å². The monoisotopic (exact) mass is 242 g/mol. The number of hydrogen-bond acceptors (Lipinski definition) is 1. The maximum absolute atomic E-state index is 10.5. The zero-order valence-corrected chi connectivity index (χ0v) is 9.69. The summed E-state index contributed by atoms with van der Waals surface area (Å²) in [5.41, 5.74) is 1.45. The molecule has 0 amide bonds. The van der Waals surface area contributed by atoms with Crippen molar-refractivity contribution in [2.75, 3.05) is 0 Å². The van der Waals surface area contributed by atoms with E-state index in [-0.39, 0.29) is 32.7 Å². The molecule has 0 aliphatic rings. The van der Waals surface area contributed by atoms with Crippen LogP contribution >= 0.6 is 11.6 Å². The summed E-state index contributed by atoms with van der Waals surface area (Å²) in [6.45, 7) is 1.86. The van der Waals surface area contributed by atoms with E-state index in [4.69, 9.17) is 11.6 Å². The van der Waals surface area contributed by atoms with Gasteiger partial charge in [0.15, 0.2) is 0 Å². The van der Waals surface area contributed by atoms with Gasteiger partial charge < -0.3 is 0 Å². The van der Waals surface area contributed by atoms with Crippen molar-refractivity contribution in [2.24, 2.45) is 0 Å². The van der Waals surface area contributed by atoms with Crippen molar-refractivity contribution in [1.29, 1.82) is 0 Å². The van der Waals surface area contributed by atoms with Gasteiger partial charge in [-0.3, -0.25) is 4.79 Å². The molecular weight excluding hydrogens is 236 g/mol. The Balaban J connectivity index is 0.000001000. The van der Waals surface area contributed by atoms with E-state index >= 15 is 0 Å². The van der Waals surface area contributed by atoms with E-state index in [0.717, 1.165) is 5.56 Å². The predicted molar refractivity (Wildman–Crippen MR) is 40.2 cm³/mol. The minimum absolute atomic E-state index is 0. The second-order valence-corrected chi connectivity index (χ2v) is 2.38. The predicted octanol–water partition coefficient (Wildman–Crippen LogP) is 2.17. The van der Waals surface area contributed by atoms with Gasteiger partial charge in [0, 0.05) is 32.7 Å². The van der Waals surface area contributed by atoms with Crippen LogP contribution in [0, 0.1) is 13.0 Å². The second kappa shape index (κ2) is 5.02. The molecule has 0 aliphatic carbocycles. The summed E-state index contributed by atoms with van der Waals surface area (Å²) in [6.07, 6.45) is 0. The Morgan fingerprint density at radius 3 is 2.64 bits per heavy atom. The van der Waals surface area contributed by atoms with E-state index in [0.29, 0.717) is 5.56 Å².